The Bertz CT molecular complexity index is 396. The highest BCUT2D eigenvalue weighted by molar-refractivity contribution is 5.39. The van der Waals surface area contributed by atoms with Crippen molar-refractivity contribution in [1.82, 2.24) is 4.90 Å². The smallest absolute Gasteiger partial charge is 0.0193 e. The minimum absolute atomic E-state index is 0.262. The summed E-state index contributed by atoms with van der Waals surface area (Å²) in [5.41, 5.74) is 4.43. The third kappa shape index (κ3) is 2.30. The van der Waals surface area contributed by atoms with Gasteiger partial charge in [0, 0.05) is 12.0 Å². The molecule has 1 aliphatic carbocycles. The van der Waals surface area contributed by atoms with Crippen molar-refractivity contribution in [1.29, 1.82) is 0 Å². The molecule has 0 atom stereocenters. The van der Waals surface area contributed by atoms with E-state index < -0.39 is 0 Å². The molecule has 0 spiro atoms. The summed E-state index contributed by atoms with van der Waals surface area (Å²) in [7, 11) is 4.24. The Kier molecular flexibility index (Phi) is 3.39. The Hall–Kier alpha value is -1.08. The minimum atomic E-state index is 0.262. The fourth-order valence-corrected chi connectivity index (χ4v) is 2.78. The van der Waals surface area contributed by atoms with Crippen LogP contribution in [0.4, 0.5) is 0 Å². The van der Waals surface area contributed by atoms with Gasteiger partial charge in [0.25, 0.3) is 0 Å². The van der Waals surface area contributed by atoms with Gasteiger partial charge in [-0.25, -0.2) is 0 Å². The Morgan fingerprint density at radius 1 is 1.24 bits per heavy atom. The van der Waals surface area contributed by atoms with Crippen molar-refractivity contribution in [3.05, 3.63) is 47.5 Å². The quantitative estimate of drug-likeness (QED) is 0.714. The summed E-state index contributed by atoms with van der Waals surface area (Å²) in [6.07, 6.45) is 3.87. The molecular formula is C16H23N. The average molecular weight is 229 g/mol. The topological polar surface area (TPSA) is 3.24 Å². The van der Waals surface area contributed by atoms with E-state index in [1.807, 2.05) is 0 Å². The molecule has 2 rings (SSSR count). The maximum atomic E-state index is 4.35. The zero-order chi connectivity index (χ0) is 12.5. The van der Waals surface area contributed by atoms with Crippen LogP contribution in [0.25, 0.3) is 0 Å². The molecule has 0 aromatic heterocycles. The molecule has 92 valence electrons. The number of aryl methyl sites for hydroxylation is 1. The molecule has 1 heteroatoms. The molecule has 1 aliphatic rings. The van der Waals surface area contributed by atoms with Crippen molar-refractivity contribution >= 4 is 0 Å². The van der Waals surface area contributed by atoms with Crippen LogP contribution < -0.4 is 0 Å². The van der Waals surface area contributed by atoms with Crippen LogP contribution in [0, 0.1) is 6.92 Å². The highest BCUT2D eigenvalue weighted by Crippen LogP contribution is 2.48. The molecule has 1 nitrogen and oxygen atoms in total. The Labute approximate surface area is 105 Å². The number of hydrogen-bond acceptors (Lipinski definition) is 1. The fraction of sp³-hybridized carbons (Fsp3) is 0.500. The molecule has 1 saturated carbocycles. The van der Waals surface area contributed by atoms with Gasteiger partial charge in [0.2, 0.25) is 0 Å². The average Bonchev–Trinajstić information content (AvgIpc) is 2.18. The minimum Gasteiger partial charge on any atom is -0.305 e. The third-order valence-electron chi connectivity index (χ3n) is 4.00. The second-order valence-corrected chi connectivity index (χ2v) is 5.64. The normalized spacial score (nSPS) is 17.9. The lowest BCUT2D eigenvalue weighted by Crippen LogP contribution is -2.39. The lowest BCUT2D eigenvalue weighted by molar-refractivity contribution is 0.272. The highest BCUT2D eigenvalue weighted by atomic mass is 15.1. The first-order chi connectivity index (χ1) is 8.04. The SMILES string of the molecule is C=C(CN(C)C)C1(c2ccc(C)cc2)CCC1. The maximum absolute atomic E-state index is 4.35. The van der Waals surface area contributed by atoms with Crippen LogP contribution in [0.3, 0.4) is 0 Å². The van der Waals surface area contributed by atoms with E-state index in [9.17, 15) is 0 Å². The predicted octanol–water partition coefficient (Wildman–Crippen LogP) is 3.53. The lowest BCUT2D eigenvalue weighted by atomic mass is 9.60. The molecule has 0 saturated heterocycles. The third-order valence-corrected chi connectivity index (χ3v) is 4.00. The molecule has 0 radical (unpaired) electrons. The van der Waals surface area contributed by atoms with E-state index >= 15 is 0 Å². The summed E-state index contributed by atoms with van der Waals surface area (Å²) in [6, 6.07) is 9.02. The summed E-state index contributed by atoms with van der Waals surface area (Å²) in [5, 5.41) is 0. The van der Waals surface area contributed by atoms with Crippen LogP contribution in [0.15, 0.2) is 36.4 Å². The molecular weight excluding hydrogens is 206 g/mol. The van der Waals surface area contributed by atoms with Crippen molar-refractivity contribution in [2.24, 2.45) is 0 Å². The zero-order valence-electron chi connectivity index (χ0n) is 11.3. The van der Waals surface area contributed by atoms with Gasteiger partial charge < -0.3 is 4.90 Å². The largest absolute Gasteiger partial charge is 0.305 e. The van der Waals surface area contributed by atoms with E-state index in [1.54, 1.807) is 0 Å². The summed E-state index contributed by atoms with van der Waals surface area (Å²) in [5.74, 6) is 0. The summed E-state index contributed by atoms with van der Waals surface area (Å²) in [6.45, 7) is 7.48. The van der Waals surface area contributed by atoms with Gasteiger partial charge in [0.05, 0.1) is 0 Å². The van der Waals surface area contributed by atoms with E-state index in [2.05, 4.69) is 56.8 Å². The van der Waals surface area contributed by atoms with Gasteiger partial charge in [-0.3, -0.25) is 0 Å². The number of hydrogen-bond donors (Lipinski definition) is 0. The van der Waals surface area contributed by atoms with Crippen molar-refractivity contribution in [3.8, 4) is 0 Å². The predicted molar refractivity (Wildman–Crippen MR) is 74.4 cm³/mol. The molecule has 17 heavy (non-hydrogen) atoms. The van der Waals surface area contributed by atoms with E-state index in [-0.39, 0.29) is 5.41 Å². The maximum Gasteiger partial charge on any atom is 0.0193 e. The summed E-state index contributed by atoms with van der Waals surface area (Å²) in [4.78, 5) is 2.22. The van der Waals surface area contributed by atoms with Crippen molar-refractivity contribution in [2.45, 2.75) is 31.6 Å². The van der Waals surface area contributed by atoms with Gasteiger partial charge in [0.1, 0.15) is 0 Å². The Balaban J connectivity index is 2.25. The molecule has 1 aromatic carbocycles. The summed E-state index contributed by atoms with van der Waals surface area (Å²) < 4.78 is 0. The van der Waals surface area contributed by atoms with Crippen LogP contribution in [0.1, 0.15) is 30.4 Å². The standard InChI is InChI=1S/C16H23N/c1-13-6-8-15(9-7-13)16(10-5-11-16)14(2)12-17(3)4/h6-9H,2,5,10-12H2,1,3-4H3. The monoisotopic (exact) mass is 229 g/mol. The molecule has 0 unspecified atom stereocenters. The Morgan fingerprint density at radius 3 is 2.24 bits per heavy atom. The first-order valence-electron chi connectivity index (χ1n) is 6.45. The lowest BCUT2D eigenvalue weighted by Gasteiger charge is -2.45. The van der Waals surface area contributed by atoms with Crippen LogP contribution in [0.2, 0.25) is 0 Å². The van der Waals surface area contributed by atoms with Gasteiger partial charge in [-0.05, 0) is 39.4 Å². The molecule has 0 bridgehead atoms. The van der Waals surface area contributed by atoms with Crippen molar-refractivity contribution in [2.75, 3.05) is 20.6 Å². The first kappa shape index (κ1) is 12.4. The van der Waals surface area contributed by atoms with Crippen molar-refractivity contribution < 1.29 is 0 Å². The van der Waals surface area contributed by atoms with E-state index in [1.165, 1.54) is 36.0 Å². The summed E-state index contributed by atoms with van der Waals surface area (Å²) >= 11 is 0. The second kappa shape index (κ2) is 4.66. The highest BCUT2D eigenvalue weighted by Gasteiger charge is 2.40. The molecule has 0 N–H and O–H groups in total. The van der Waals surface area contributed by atoms with Crippen LogP contribution in [0.5, 0.6) is 0 Å². The second-order valence-electron chi connectivity index (χ2n) is 5.64. The number of rotatable bonds is 4. The molecule has 1 aromatic rings. The van der Waals surface area contributed by atoms with Gasteiger partial charge in [0.15, 0.2) is 0 Å². The van der Waals surface area contributed by atoms with Crippen LogP contribution in [-0.2, 0) is 5.41 Å². The van der Waals surface area contributed by atoms with E-state index in [4.69, 9.17) is 0 Å². The number of likely N-dealkylation sites (N-methyl/N-ethyl adjacent to an activating group) is 1. The molecule has 0 amide bonds. The molecule has 1 fully saturated rings. The fourth-order valence-electron chi connectivity index (χ4n) is 2.78. The number of benzene rings is 1. The number of nitrogens with zero attached hydrogens (tertiary/aromatic N) is 1. The van der Waals surface area contributed by atoms with Gasteiger partial charge >= 0.3 is 0 Å². The molecule has 0 aliphatic heterocycles. The van der Waals surface area contributed by atoms with Gasteiger partial charge in [-0.15, -0.1) is 0 Å². The zero-order valence-corrected chi connectivity index (χ0v) is 11.3. The van der Waals surface area contributed by atoms with Crippen LogP contribution in [-0.4, -0.2) is 25.5 Å². The first-order valence-corrected chi connectivity index (χ1v) is 6.45. The van der Waals surface area contributed by atoms with Crippen molar-refractivity contribution in [3.63, 3.8) is 0 Å². The Morgan fingerprint density at radius 2 is 1.82 bits per heavy atom. The molecule has 0 heterocycles. The van der Waals surface area contributed by atoms with Crippen LogP contribution >= 0.6 is 0 Å². The van der Waals surface area contributed by atoms with E-state index in [0.29, 0.717) is 0 Å². The van der Waals surface area contributed by atoms with Gasteiger partial charge in [-0.1, -0.05) is 48.4 Å². The van der Waals surface area contributed by atoms with Gasteiger partial charge in [-0.2, -0.15) is 0 Å². The van der Waals surface area contributed by atoms with E-state index in [0.717, 1.165) is 6.54 Å².